The fourth-order valence-corrected chi connectivity index (χ4v) is 7.90. The molecule has 0 N–H and O–H groups in total. The van der Waals surface area contributed by atoms with Gasteiger partial charge in [0.2, 0.25) is 0 Å². The van der Waals surface area contributed by atoms with Gasteiger partial charge in [-0.25, -0.2) is 13.4 Å². The summed E-state index contributed by atoms with van der Waals surface area (Å²) in [6.07, 6.45) is 4.93. The second kappa shape index (κ2) is 8.80. The highest BCUT2D eigenvalue weighted by Gasteiger charge is 2.32. The van der Waals surface area contributed by atoms with Crippen molar-refractivity contribution in [3.8, 4) is 5.69 Å². The fraction of sp³-hybridized carbons (Fsp3) is 0.440. The maximum absolute atomic E-state index is 13.2. The van der Waals surface area contributed by atoms with Crippen molar-refractivity contribution in [2.75, 3.05) is 17.3 Å². The van der Waals surface area contributed by atoms with Crippen LogP contribution in [0.15, 0.2) is 41.6 Å². The van der Waals surface area contributed by atoms with Crippen LogP contribution in [-0.4, -0.2) is 45.6 Å². The second-order valence-corrected chi connectivity index (χ2v) is 12.3. The minimum absolute atomic E-state index is 0.0563. The van der Waals surface area contributed by atoms with E-state index in [1.165, 1.54) is 17.5 Å². The molecule has 1 fully saturated rings. The van der Waals surface area contributed by atoms with Gasteiger partial charge in [-0.15, -0.1) is 0 Å². The van der Waals surface area contributed by atoms with Gasteiger partial charge in [0.15, 0.2) is 20.8 Å². The zero-order chi connectivity index (χ0) is 23.2. The molecular formula is C25H29N3O3S2. The Balaban J connectivity index is 1.39. The molecule has 0 bridgehead atoms. The third-order valence-corrected chi connectivity index (χ3v) is 9.50. The van der Waals surface area contributed by atoms with Gasteiger partial charge in [0.1, 0.15) is 0 Å². The molecule has 3 heterocycles. The Morgan fingerprint density at radius 1 is 1.15 bits per heavy atom. The Labute approximate surface area is 199 Å². The molecule has 0 spiro atoms. The van der Waals surface area contributed by atoms with Crippen LogP contribution in [-0.2, 0) is 22.7 Å². The van der Waals surface area contributed by atoms with E-state index in [1.807, 2.05) is 42.7 Å². The quantitative estimate of drug-likeness (QED) is 0.381. The molecule has 1 saturated heterocycles. The summed E-state index contributed by atoms with van der Waals surface area (Å²) in [6, 6.07) is 12.1. The lowest BCUT2D eigenvalue weighted by Crippen LogP contribution is -2.14. The summed E-state index contributed by atoms with van der Waals surface area (Å²) in [5.41, 5.74) is 6.01. The molecule has 1 aromatic carbocycles. The molecule has 174 valence electrons. The van der Waals surface area contributed by atoms with Crippen LogP contribution in [0.2, 0.25) is 0 Å². The van der Waals surface area contributed by atoms with Gasteiger partial charge in [0.05, 0.1) is 23.0 Å². The minimum Gasteiger partial charge on any atom is -0.344 e. The van der Waals surface area contributed by atoms with Crippen molar-refractivity contribution in [2.24, 2.45) is 0 Å². The molecule has 2 aliphatic rings. The van der Waals surface area contributed by atoms with E-state index in [9.17, 15) is 13.2 Å². The number of fused-ring (bicyclic) bond motifs is 1. The van der Waals surface area contributed by atoms with E-state index in [1.54, 1.807) is 0 Å². The fourth-order valence-electron chi connectivity index (χ4n) is 5.26. The van der Waals surface area contributed by atoms with Gasteiger partial charge in [0.25, 0.3) is 0 Å². The topological polar surface area (TPSA) is 74.0 Å². The lowest BCUT2D eigenvalue weighted by atomic mass is 10.0. The lowest BCUT2D eigenvalue weighted by Gasteiger charge is -2.16. The number of hydrogen-bond donors (Lipinski definition) is 0. The summed E-state index contributed by atoms with van der Waals surface area (Å²) in [6.45, 7) is 3.89. The van der Waals surface area contributed by atoms with E-state index in [0.717, 1.165) is 53.6 Å². The summed E-state index contributed by atoms with van der Waals surface area (Å²) in [5, 5.41) is 0.872. The largest absolute Gasteiger partial charge is 0.344 e. The molecule has 2 aromatic heterocycles. The van der Waals surface area contributed by atoms with Crippen LogP contribution >= 0.6 is 11.8 Å². The first-order chi connectivity index (χ1) is 15.8. The summed E-state index contributed by atoms with van der Waals surface area (Å²) >= 11 is 1.49. The monoisotopic (exact) mass is 483 g/mol. The zero-order valence-electron chi connectivity index (χ0n) is 19.1. The number of ketones is 1. The van der Waals surface area contributed by atoms with Gasteiger partial charge >= 0.3 is 0 Å². The number of rotatable bonds is 6. The molecule has 6 nitrogen and oxygen atoms in total. The Morgan fingerprint density at radius 3 is 2.64 bits per heavy atom. The highest BCUT2D eigenvalue weighted by atomic mass is 32.2. The molecule has 5 rings (SSSR count). The SMILES string of the molecule is Cc1cc(C(=O)CSc2nc3c(n2-c2ccccc2)CCCC3)c(C)n1[C@@H]1CCS(=O)(=O)C1. The standard InChI is InChI=1S/C25H29N3O3S2/c1-17-14-21(18(2)27(17)20-12-13-33(30,31)16-20)24(29)15-32-25-26-22-10-6-7-11-23(22)28(25)19-8-4-3-5-9-19/h3-5,8-9,14,20H,6-7,10-13,15-16H2,1-2H3/t20-/m1/s1. The summed E-state index contributed by atoms with van der Waals surface area (Å²) in [5.74, 6) is 0.739. The molecule has 1 aliphatic heterocycles. The molecule has 1 atom stereocenters. The number of aromatic nitrogens is 3. The highest BCUT2D eigenvalue weighted by molar-refractivity contribution is 7.99. The van der Waals surface area contributed by atoms with Crippen LogP contribution in [0.25, 0.3) is 5.69 Å². The van der Waals surface area contributed by atoms with Crippen LogP contribution in [0.5, 0.6) is 0 Å². The number of Topliss-reactive ketones (excluding diaryl/α,β-unsaturated/α-hetero) is 1. The number of sulfone groups is 1. The molecule has 33 heavy (non-hydrogen) atoms. The van der Waals surface area contributed by atoms with Crippen molar-refractivity contribution < 1.29 is 13.2 Å². The average Bonchev–Trinajstić information content (AvgIpc) is 3.44. The molecule has 0 saturated carbocycles. The van der Waals surface area contributed by atoms with Gasteiger partial charge in [-0.05, 0) is 64.2 Å². The Kier molecular flexibility index (Phi) is 5.99. The Hall–Kier alpha value is -2.32. The number of para-hydroxylation sites is 1. The molecule has 0 amide bonds. The number of benzene rings is 1. The van der Waals surface area contributed by atoms with E-state index in [4.69, 9.17) is 4.98 Å². The zero-order valence-corrected chi connectivity index (χ0v) is 20.7. The number of hydrogen-bond acceptors (Lipinski definition) is 5. The van der Waals surface area contributed by atoms with Gasteiger partial charge in [-0.3, -0.25) is 9.36 Å². The van der Waals surface area contributed by atoms with Crippen molar-refractivity contribution in [3.63, 3.8) is 0 Å². The third-order valence-electron chi connectivity index (χ3n) is 6.81. The van der Waals surface area contributed by atoms with E-state index in [-0.39, 0.29) is 23.3 Å². The maximum Gasteiger partial charge on any atom is 0.175 e. The number of aryl methyl sites for hydroxylation is 2. The molecule has 1 aliphatic carbocycles. The van der Waals surface area contributed by atoms with Crippen LogP contribution in [0.3, 0.4) is 0 Å². The summed E-state index contributed by atoms with van der Waals surface area (Å²) in [7, 11) is -2.99. The predicted octanol–water partition coefficient (Wildman–Crippen LogP) is 4.50. The van der Waals surface area contributed by atoms with Gasteiger partial charge in [-0.2, -0.15) is 0 Å². The van der Waals surface area contributed by atoms with Crippen molar-refractivity contribution in [3.05, 3.63) is 64.7 Å². The molecular weight excluding hydrogens is 454 g/mol. The van der Waals surface area contributed by atoms with E-state index < -0.39 is 9.84 Å². The van der Waals surface area contributed by atoms with E-state index >= 15 is 0 Å². The van der Waals surface area contributed by atoms with Gasteiger partial charge in [0, 0.05) is 34.4 Å². The molecule has 8 heteroatoms. The Morgan fingerprint density at radius 2 is 1.91 bits per heavy atom. The molecule has 0 radical (unpaired) electrons. The van der Waals surface area contributed by atoms with Crippen LogP contribution in [0.4, 0.5) is 0 Å². The number of carbonyl (C=O) groups excluding carboxylic acids is 1. The Bertz CT molecular complexity index is 1310. The second-order valence-electron chi connectivity index (χ2n) is 9.09. The summed E-state index contributed by atoms with van der Waals surface area (Å²) in [4.78, 5) is 18.2. The van der Waals surface area contributed by atoms with Crippen molar-refractivity contribution in [2.45, 2.75) is 57.1 Å². The van der Waals surface area contributed by atoms with E-state index in [0.29, 0.717) is 17.7 Å². The predicted molar refractivity (Wildman–Crippen MR) is 131 cm³/mol. The smallest absolute Gasteiger partial charge is 0.175 e. The van der Waals surface area contributed by atoms with Crippen LogP contribution < -0.4 is 0 Å². The first kappa shape index (κ1) is 22.5. The van der Waals surface area contributed by atoms with Crippen molar-refractivity contribution in [1.29, 1.82) is 0 Å². The third kappa shape index (κ3) is 4.30. The average molecular weight is 484 g/mol. The first-order valence-corrected chi connectivity index (χ1v) is 14.4. The van der Waals surface area contributed by atoms with E-state index in [2.05, 4.69) is 16.7 Å². The van der Waals surface area contributed by atoms with Gasteiger partial charge in [-0.1, -0.05) is 30.0 Å². The lowest BCUT2D eigenvalue weighted by molar-refractivity contribution is 0.102. The number of carbonyl (C=O) groups is 1. The van der Waals surface area contributed by atoms with Gasteiger partial charge < -0.3 is 4.57 Å². The summed E-state index contributed by atoms with van der Waals surface area (Å²) < 4.78 is 28.2. The molecule has 0 unspecified atom stereocenters. The highest BCUT2D eigenvalue weighted by Crippen LogP contribution is 2.33. The first-order valence-electron chi connectivity index (χ1n) is 11.5. The molecule has 3 aromatic rings. The van der Waals surface area contributed by atoms with Crippen LogP contribution in [0.1, 0.15) is 58.4 Å². The minimum atomic E-state index is -2.99. The normalized spacial score (nSPS) is 19.5. The van der Waals surface area contributed by atoms with Crippen molar-refractivity contribution in [1.82, 2.24) is 14.1 Å². The van der Waals surface area contributed by atoms with Crippen LogP contribution in [0, 0.1) is 13.8 Å². The van der Waals surface area contributed by atoms with Crippen molar-refractivity contribution >= 4 is 27.4 Å². The number of nitrogens with zero attached hydrogens (tertiary/aromatic N) is 3. The number of thioether (sulfide) groups is 1. The maximum atomic E-state index is 13.2. The number of imidazole rings is 1.